The molecule has 5 nitrogen and oxygen atoms in total. The minimum atomic E-state index is -3.67. The highest BCUT2D eigenvalue weighted by atomic mass is 35.5. The van der Waals surface area contributed by atoms with Crippen LogP contribution in [0.15, 0.2) is 46.1 Å². The highest BCUT2D eigenvalue weighted by Gasteiger charge is 2.40. The van der Waals surface area contributed by atoms with Crippen molar-refractivity contribution in [3.05, 3.63) is 56.7 Å². The smallest absolute Gasteiger partial charge is 0.334 e. The number of carboxylic acid groups (broad SMARTS) is 1. The van der Waals surface area contributed by atoms with E-state index in [1.165, 1.54) is 0 Å². The zero-order valence-corrected chi connectivity index (χ0v) is 15.5. The van der Waals surface area contributed by atoms with E-state index in [0.29, 0.717) is 22.0 Å². The van der Waals surface area contributed by atoms with Crippen molar-refractivity contribution in [3.63, 3.8) is 0 Å². The minimum Gasteiger partial charge on any atom is -0.478 e. The number of carboxylic acids is 1. The number of hydrogen-bond donors (Lipinski definition) is 2. The second kappa shape index (κ2) is 6.61. The molecule has 0 fully saturated rings. The quantitative estimate of drug-likeness (QED) is 0.849. The molecule has 1 aromatic rings. The first-order chi connectivity index (χ1) is 11.1. The highest BCUT2D eigenvalue weighted by Crippen LogP contribution is 2.42. The van der Waals surface area contributed by atoms with Gasteiger partial charge in [0.05, 0.1) is 21.6 Å². The third-order valence-corrected chi connectivity index (χ3v) is 6.67. The molecule has 24 heavy (non-hydrogen) atoms. The molecular weight excluding hydrogens is 350 g/mol. The van der Waals surface area contributed by atoms with Crippen LogP contribution in [0.4, 0.5) is 0 Å². The average molecular weight is 370 g/mol. The summed E-state index contributed by atoms with van der Waals surface area (Å²) in [5.41, 5.74) is 1.42. The lowest BCUT2D eigenvalue weighted by Gasteiger charge is -2.31. The molecule has 2 N–H and O–H groups in total. The van der Waals surface area contributed by atoms with Gasteiger partial charge in [-0.3, -0.25) is 0 Å². The summed E-state index contributed by atoms with van der Waals surface area (Å²) >= 11 is 6.04. The summed E-state index contributed by atoms with van der Waals surface area (Å²) < 4.78 is 25.8. The molecule has 0 saturated heterocycles. The molecule has 1 aromatic carbocycles. The second-order valence-electron chi connectivity index (χ2n) is 6.04. The molecule has 0 spiro atoms. The first-order valence-corrected chi connectivity index (χ1v) is 9.41. The van der Waals surface area contributed by atoms with E-state index < -0.39 is 27.0 Å². The van der Waals surface area contributed by atoms with Crippen LogP contribution in [-0.4, -0.2) is 24.7 Å². The molecule has 1 aliphatic heterocycles. The molecule has 0 saturated carbocycles. The van der Waals surface area contributed by atoms with Gasteiger partial charge in [0, 0.05) is 16.4 Å². The number of nitrogens with one attached hydrogen (secondary N) is 1. The maximum atomic E-state index is 12.9. The van der Waals surface area contributed by atoms with Crippen LogP contribution < -0.4 is 5.32 Å². The Morgan fingerprint density at radius 3 is 2.38 bits per heavy atom. The number of halogens is 1. The van der Waals surface area contributed by atoms with Crippen LogP contribution in [0.2, 0.25) is 5.02 Å². The third-order valence-electron chi connectivity index (χ3n) is 4.04. The maximum absolute atomic E-state index is 12.9. The molecule has 0 bridgehead atoms. The molecule has 2 rings (SSSR count). The zero-order valence-electron chi connectivity index (χ0n) is 13.9. The maximum Gasteiger partial charge on any atom is 0.334 e. The number of rotatable bonds is 4. The molecule has 1 atom stereocenters. The number of benzene rings is 1. The molecule has 1 unspecified atom stereocenters. The monoisotopic (exact) mass is 369 g/mol. The van der Waals surface area contributed by atoms with Gasteiger partial charge in [0.1, 0.15) is 0 Å². The highest BCUT2D eigenvalue weighted by molar-refractivity contribution is 7.95. The molecule has 0 aromatic heterocycles. The number of carbonyl (C=O) groups is 1. The fourth-order valence-corrected chi connectivity index (χ4v) is 4.66. The Hall–Kier alpha value is -1.79. The lowest BCUT2D eigenvalue weighted by atomic mass is 9.86. The number of allylic oxidation sites excluding steroid dienone is 3. The Bertz CT molecular complexity index is 853. The summed E-state index contributed by atoms with van der Waals surface area (Å²) in [6, 6.07) is 6.65. The topological polar surface area (TPSA) is 83.5 Å². The predicted molar refractivity (Wildman–Crippen MR) is 94.4 cm³/mol. The van der Waals surface area contributed by atoms with E-state index in [1.54, 1.807) is 52.0 Å². The lowest BCUT2D eigenvalue weighted by Crippen LogP contribution is -2.33. The fraction of sp³-hybridized carbons (Fsp3) is 0.353. The zero-order chi connectivity index (χ0) is 18.2. The standard InChI is InChI=1S/C17H20ClNO4S/c1-9(2)24(22,23)16-11(4)19-10(3)14(17(20)21)15(16)12-6-5-7-13(18)8-12/h5-9,15,19H,1-4H3,(H,20,21). The summed E-state index contributed by atoms with van der Waals surface area (Å²) in [4.78, 5) is 11.9. The van der Waals surface area contributed by atoms with E-state index in [-0.39, 0.29) is 10.5 Å². The minimum absolute atomic E-state index is 0.0158. The Labute approximate surface area is 146 Å². The third kappa shape index (κ3) is 3.21. The molecule has 0 radical (unpaired) electrons. The molecule has 1 heterocycles. The molecule has 0 amide bonds. The number of sulfone groups is 1. The number of hydrogen-bond acceptors (Lipinski definition) is 4. The van der Waals surface area contributed by atoms with Crippen LogP contribution in [-0.2, 0) is 14.6 Å². The van der Waals surface area contributed by atoms with Crippen LogP contribution in [0.3, 0.4) is 0 Å². The first-order valence-electron chi connectivity index (χ1n) is 7.48. The first kappa shape index (κ1) is 18.5. The molecule has 0 aliphatic carbocycles. The van der Waals surface area contributed by atoms with Crippen molar-refractivity contribution < 1.29 is 18.3 Å². The van der Waals surface area contributed by atoms with Crippen molar-refractivity contribution >= 4 is 27.4 Å². The average Bonchev–Trinajstić information content (AvgIpc) is 2.45. The van der Waals surface area contributed by atoms with E-state index in [9.17, 15) is 18.3 Å². The van der Waals surface area contributed by atoms with E-state index in [4.69, 9.17) is 11.6 Å². The number of dihydropyridines is 1. The largest absolute Gasteiger partial charge is 0.478 e. The van der Waals surface area contributed by atoms with Crippen LogP contribution in [0, 0.1) is 0 Å². The summed E-state index contributed by atoms with van der Waals surface area (Å²) in [7, 11) is -3.67. The van der Waals surface area contributed by atoms with Crippen molar-refractivity contribution in [1.82, 2.24) is 5.32 Å². The van der Waals surface area contributed by atoms with Crippen LogP contribution in [0.1, 0.15) is 39.2 Å². The van der Waals surface area contributed by atoms with E-state index in [2.05, 4.69) is 5.32 Å². The van der Waals surface area contributed by atoms with Gasteiger partial charge in [-0.25, -0.2) is 13.2 Å². The van der Waals surface area contributed by atoms with Gasteiger partial charge in [0.2, 0.25) is 0 Å². The summed E-state index contributed by atoms with van der Waals surface area (Å²) in [5, 5.41) is 12.3. The Morgan fingerprint density at radius 2 is 1.88 bits per heavy atom. The Kier molecular flexibility index (Phi) is 5.11. The predicted octanol–water partition coefficient (Wildman–Crippen LogP) is 3.44. The van der Waals surface area contributed by atoms with Gasteiger partial charge in [-0.05, 0) is 45.4 Å². The van der Waals surface area contributed by atoms with Crippen molar-refractivity contribution in [2.24, 2.45) is 0 Å². The molecular formula is C17H20ClNO4S. The molecule has 130 valence electrons. The van der Waals surface area contributed by atoms with Crippen LogP contribution in [0.5, 0.6) is 0 Å². The van der Waals surface area contributed by atoms with Crippen molar-refractivity contribution in [3.8, 4) is 0 Å². The fourth-order valence-electron chi connectivity index (χ4n) is 2.89. The van der Waals surface area contributed by atoms with Crippen molar-refractivity contribution in [2.45, 2.75) is 38.9 Å². The normalized spacial score (nSPS) is 18.8. The van der Waals surface area contributed by atoms with Gasteiger partial charge in [-0.1, -0.05) is 23.7 Å². The summed E-state index contributed by atoms with van der Waals surface area (Å²) in [5.74, 6) is -2.05. The van der Waals surface area contributed by atoms with E-state index >= 15 is 0 Å². The van der Waals surface area contributed by atoms with Crippen LogP contribution in [0.25, 0.3) is 0 Å². The van der Waals surface area contributed by atoms with Gasteiger partial charge in [-0.15, -0.1) is 0 Å². The van der Waals surface area contributed by atoms with E-state index in [0.717, 1.165) is 0 Å². The Morgan fingerprint density at radius 1 is 1.25 bits per heavy atom. The Balaban J connectivity index is 2.81. The summed E-state index contributed by atoms with van der Waals surface area (Å²) in [6.45, 7) is 6.44. The number of aliphatic carboxylic acids is 1. The van der Waals surface area contributed by atoms with Gasteiger partial charge in [0.25, 0.3) is 0 Å². The van der Waals surface area contributed by atoms with Gasteiger partial charge in [-0.2, -0.15) is 0 Å². The SMILES string of the molecule is CC1=C(C(=O)O)C(c2cccc(Cl)c2)C(S(=O)(=O)C(C)C)=C(C)N1. The van der Waals surface area contributed by atoms with E-state index in [1.807, 2.05) is 0 Å². The molecule has 7 heteroatoms. The van der Waals surface area contributed by atoms with Crippen LogP contribution >= 0.6 is 11.6 Å². The van der Waals surface area contributed by atoms with Gasteiger partial charge in [0.15, 0.2) is 9.84 Å². The lowest BCUT2D eigenvalue weighted by molar-refractivity contribution is -0.133. The van der Waals surface area contributed by atoms with Gasteiger partial charge >= 0.3 is 5.97 Å². The van der Waals surface area contributed by atoms with Crippen molar-refractivity contribution in [1.29, 1.82) is 0 Å². The summed E-state index contributed by atoms with van der Waals surface area (Å²) in [6.07, 6.45) is 0. The van der Waals surface area contributed by atoms with Gasteiger partial charge < -0.3 is 10.4 Å². The molecule has 1 aliphatic rings. The van der Waals surface area contributed by atoms with Crippen molar-refractivity contribution in [2.75, 3.05) is 0 Å². The second-order valence-corrected chi connectivity index (χ2v) is 8.95.